The van der Waals surface area contributed by atoms with Gasteiger partial charge in [-0.1, -0.05) is 51.3 Å². The average Bonchev–Trinajstić information content (AvgIpc) is 3.08. The second-order valence-electron chi connectivity index (χ2n) is 5.70. The van der Waals surface area contributed by atoms with Crippen LogP contribution in [0.15, 0.2) is 25.0 Å². The molecule has 0 atom stereocenters. The molecule has 0 spiro atoms. The van der Waals surface area contributed by atoms with Crippen LogP contribution >= 0.6 is 7.26 Å². The van der Waals surface area contributed by atoms with Crippen LogP contribution in [0, 0.1) is 0 Å². The highest BCUT2D eigenvalue weighted by molar-refractivity contribution is 7.76. The van der Waals surface area contributed by atoms with E-state index in [-0.39, 0.29) is 0 Å². The summed E-state index contributed by atoms with van der Waals surface area (Å²) in [6.45, 7) is 11.0. The maximum absolute atomic E-state index is 4.00. The number of nitrogens with one attached hydrogen (secondary N) is 1. The third-order valence-corrected chi connectivity index (χ3v) is 8.63. The second-order valence-corrected chi connectivity index (χ2v) is 10.1. The molecule has 0 aliphatic rings. The zero-order valence-electron chi connectivity index (χ0n) is 14.4. The first-order chi connectivity index (χ1) is 10.2. The molecule has 4 heteroatoms. The predicted molar refractivity (Wildman–Crippen MR) is 97.7 cm³/mol. The van der Waals surface area contributed by atoms with Gasteiger partial charge in [0.2, 0.25) is 0 Å². The molecule has 1 heterocycles. The molecule has 0 amide bonds. The molecular formula is C17H35N3P. The molecule has 0 aliphatic carbocycles. The Balaban J connectivity index is 0.000000662. The molecule has 1 radical (unpaired) electrons. The SMILES string of the molecule is C=CC[P](CCCC)(CCCC)CCCC.c1c[nH]nn1. The lowest BCUT2D eigenvalue weighted by molar-refractivity contribution is 0.836. The van der Waals surface area contributed by atoms with Gasteiger partial charge in [0.15, 0.2) is 0 Å². The lowest BCUT2D eigenvalue weighted by atomic mass is 10.4. The van der Waals surface area contributed by atoms with Crippen LogP contribution in [0.2, 0.25) is 0 Å². The molecular weight excluding hydrogens is 277 g/mol. The first-order valence-corrected chi connectivity index (χ1v) is 11.0. The van der Waals surface area contributed by atoms with Crippen molar-refractivity contribution in [2.24, 2.45) is 0 Å². The fourth-order valence-electron chi connectivity index (χ4n) is 2.53. The van der Waals surface area contributed by atoms with E-state index in [0.29, 0.717) is 0 Å². The number of hydrogen-bond acceptors (Lipinski definition) is 2. The van der Waals surface area contributed by atoms with E-state index in [9.17, 15) is 0 Å². The van der Waals surface area contributed by atoms with Crippen LogP contribution < -0.4 is 0 Å². The largest absolute Gasteiger partial charge is 0.266 e. The predicted octanol–water partition coefficient (Wildman–Crippen LogP) is 5.40. The van der Waals surface area contributed by atoms with Gasteiger partial charge in [0.25, 0.3) is 0 Å². The molecule has 0 aromatic carbocycles. The fraction of sp³-hybridized carbons (Fsp3) is 0.765. The summed E-state index contributed by atoms with van der Waals surface area (Å²) in [7, 11) is -0.664. The van der Waals surface area contributed by atoms with Gasteiger partial charge in [-0.15, -0.1) is 18.9 Å². The number of aromatic nitrogens is 3. The molecule has 1 aromatic rings. The third kappa shape index (κ3) is 10.6. The summed E-state index contributed by atoms with van der Waals surface area (Å²) in [6.07, 6.45) is 19.7. The first kappa shape index (κ1) is 20.3. The number of rotatable bonds is 11. The molecule has 0 fully saturated rings. The molecule has 0 unspecified atom stereocenters. The van der Waals surface area contributed by atoms with Gasteiger partial charge in [-0.25, -0.2) is 0 Å². The van der Waals surface area contributed by atoms with E-state index < -0.39 is 7.26 Å². The number of allylic oxidation sites excluding steroid dienone is 1. The maximum atomic E-state index is 4.00. The average molecular weight is 312 g/mol. The summed E-state index contributed by atoms with van der Waals surface area (Å²) < 4.78 is 0. The molecule has 0 bridgehead atoms. The maximum Gasteiger partial charge on any atom is 0.0690 e. The topological polar surface area (TPSA) is 41.6 Å². The van der Waals surface area contributed by atoms with Crippen molar-refractivity contribution in [3.05, 3.63) is 25.0 Å². The van der Waals surface area contributed by atoms with Crippen LogP contribution in [-0.4, -0.2) is 40.1 Å². The highest BCUT2D eigenvalue weighted by Gasteiger charge is 2.23. The quantitative estimate of drug-likeness (QED) is 0.439. The van der Waals surface area contributed by atoms with Crippen molar-refractivity contribution >= 4 is 7.26 Å². The zero-order chi connectivity index (χ0) is 15.8. The molecule has 123 valence electrons. The van der Waals surface area contributed by atoms with Gasteiger partial charge in [0.1, 0.15) is 0 Å². The monoisotopic (exact) mass is 312 g/mol. The molecule has 21 heavy (non-hydrogen) atoms. The summed E-state index contributed by atoms with van der Waals surface area (Å²) >= 11 is 0. The Morgan fingerprint density at radius 1 is 1.00 bits per heavy atom. The van der Waals surface area contributed by atoms with Crippen LogP contribution in [0.1, 0.15) is 59.3 Å². The summed E-state index contributed by atoms with van der Waals surface area (Å²) in [6, 6.07) is 0. The van der Waals surface area contributed by atoms with E-state index in [1.807, 2.05) is 0 Å². The van der Waals surface area contributed by atoms with Crippen LogP contribution in [-0.2, 0) is 0 Å². The van der Waals surface area contributed by atoms with Gasteiger partial charge in [-0.2, -0.15) is 0 Å². The number of H-pyrrole nitrogens is 1. The van der Waals surface area contributed by atoms with Gasteiger partial charge in [0.05, 0.1) is 6.20 Å². The van der Waals surface area contributed by atoms with Gasteiger partial charge in [-0.3, -0.25) is 5.10 Å². The molecule has 0 saturated carbocycles. The number of hydrogen-bond donors (Lipinski definition) is 1. The highest BCUT2D eigenvalue weighted by Crippen LogP contribution is 2.60. The summed E-state index contributed by atoms with van der Waals surface area (Å²) in [4.78, 5) is 0. The lowest BCUT2D eigenvalue weighted by Gasteiger charge is -2.36. The van der Waals surface area contributed by atoms with E-state index in [0.717, 1.165) is 0 Å². The second kappa shape index (κ2) is 14.3. The summed E-state index contributed by atoms with van der Waals surface area (Å²) in [5.41, 5.74) is 0. The Morgan fingerprint density at radius 3 is 1.76 bits per heavy atom. The molecule has 1 N–H and O–H groups in total. The minimum atomic E-state index is -0.664. The Bertz CT molecular complexity index is 273. The number of nitrogens with zero attached hydrogens (tertiary/aromatic N) is 2. The van der Waals surface area contributed by atoms with Crippen molar-refractivity contribution in [1.29, 1.82) is 0 Å². The smallest absolute Gasteiger partial charge is 0.0690 e. The standard InChI is InChI=1S/C15H32P.C2H3N3/c1-5-9-13-16(12-8-4,14-10-6-2)15-11-7-3;1-2-4-5-3-1/h8H,4-7,9-15H2,1-3H3;1-2H,(H,3,4,5). The Morgan fingerprint density at radius 2 is 1.52 bits per heavy atom. The van der Waals surface area contributed by atoms with Crippen molar-refractivity contribution in [2.45, 2.75) is 59.3 Å². The fourth-order valence-corrected chi connectivity index (χ4v) is 7.26. The molecule has 1 aromatic heterocycles. The Labute approximate surface area is 132 Å². The van der Waals surface area contributed by atoms with Gasteiger partial charge < -0.3 is 0 Å². The van der Waals surface area contributed by atoms with Gasteiger partial charge in [0, 0.05) is 6.20 Å². The molecule has 3 nitrogen and oxygen atoms in total. The third-order valence-electron chi connectivity index (χ3n) is 3.81. The zero-order valence-corrected chi connectivity index (χ0v) is 15.2. The normalized spacial score (nSPS) is 10.8. The van der Waals surface area contributed by atoms with E-state index in [4.69, 9.17) is 0 Å². The summed E-state index contributed by atoms with van der Waals surface area (Å²) in [5, 5.41) is 9.26. The van der Waals surface area contributed by atoms with Crippen LogP contribution in [0.4, 0.5) is 0 Å². The molecule has 1 rings (SSSR count). The first-order valence-electron chi connectivity index (χ1n) is 8.51. The van der Waals surface area contributed by atoms with Crippen molar-refractivity contribution in [3.63, 3.8) is 0 Å². The van der Waals surface area contributed by atoms with Crippen molar-refractivity contribution in [3.8, 4) is 0 Å². The van der Waals surface area contributed by atoms with E-state index in [2.05, 4.69) is 48.8 Å². The number of aromatic amines is 1. The Hall–Kier alpha value is -0.690. The van der Waals surface area contributed by atoms with E-state index >= 15 is 0 Å². The molecule has 0 aliphatic heterocycles. The minimum Gasteiger partial charge on any atom is -0.266 e. The van der Waals surface area contributed by atoms with Crippen LogP contribution in [0.5, 0.6) is 0 Å². The number of unbranched alkanes of at least 4 members (excludes halogenated alkanes) is 3. The summed E-state index contributed by atoms with van der Waals surface area (Å²) in [5.74, 6) is 0. The van der Waals surface area contributed by atoms with Crippen LogP contribution in [0.3, 0.4) is 0 Å². The van der Waals surface area contributed by atoms with Crippen molar-refractivity contribution in [1.82, 2.24) is 15.4 Å². The molecule has 0 saturated heterocycles. The van der Waals surface area contributed by atoms with Crippen molar-refractivity contribution < 1.29 is 0 Å². The minimum absolute atomic E-state index is 0.664. The van der Waals surface area contributed by atoms with Gasteiger partial charge >= 0.3 is 0 Å². The highest BCUT2D eigenvalue weighted by atomic mass is 31.2. The van der Waals surface area contributed by atoms with Crippen molar-refractivity contribution in [2.75, 3.05) is 24.6 Å². The van der Waals surface area contributed by atoms with E-state index in [1.54, 1.807) is 12.4 Å². The lowest BCUT2D eigenvalue weighted by Crippen LogP contribution is -2.11. The van der Waals surface area contributed by atoms with Crippen LogP contribution in [0.25, 0.3) is 0 Å². The van der Waals surface area contributed by atoms with Gasteiger partial charge in [-0.05, 0) is 43.9 Å². The Kier molecular flexibility index (Phi) is 13.8. The van der Waals surface area contributed by atoms with E-state index in [1.165, 1.54) is 63.2 Å².